The molecule has 0 fully saturated rings. The Morgan fingerprint density at radius 2 is 2.05 bits per heavy atom. The summed E-state index contributed by atoms with van der Waals surface area (Å²) in [5, 5.41) is 4.95. The summed E-state index contributed by atoms with van der Waals surface area (Å²) in [4.78, 5) is 1.31. The van der Waals surface area contributed by atoms with Crippen molar-refractivity contribution in [1.29, 1.82) is 0 Å². The molecule has 1 aromatic carbocycles. The third-order valence-corrected chi connectivity index (χ3v) is 5.04. The zero-order valence-electron chi connectivity index (χ0n) is 10.4. The molecular weight excluding hydrogens is 365 g/mol. The van der Waals surface area contributed by atoms with Gasteiger partial charge in [0.2, 0.25) is 0 Å². The van der Waals surface area contributed by atoms with Crippen LogP contribution in [0.4, 0.5) is 0 Å². The first-order valence-corrected chi connectivity index (χ1v) is 8.39. The predicted molar refractivity (Wildman–Crippen MR) is 88.6 cm³/mol. The standard InChI is InChI=1S/C14H14BrCl2NS/c1-2-18-13(8-10-4-6-14(15)19-10)11-7-9(16)3-5-12(11)17/h3-7,13,18H,2,8H2,1H3. The van der Waals surface area contributed by atoms with Gasteiger partial charge in [-0.25, -0.2) is 0 Å². The molecule has 0 aliphatic heterocycles. The predicted octanol–water partition coefficient (Wildman–Crippen LogP) is 5.71. The second-order valence-corrected chi connectivity index (χ2v) is 7.58. The molecule has 0 amide bonds. The van der Waals surface area contributed by atoms with Crippen LogP contribution in [0.15, 0.2) is 34.1 Å². The van der Waals surface area contributed by atoms with E-state index < -0.39 is 0 Å². The molecule has 0 aliphatic rings. The molecule has 1 atom stereocenters. The van der Waals surface area contributed by atoms with Crippen LogP contribution in [0.1, 0.15) is 23.4 Å². The van der Waals surface area contributed by atoms with Gasteiger partial charge in [0, 0.05) is 27.4 Å². The summed E-state index contributed by atoms with van der Waals surface area (Å²) < 4.78 is 1.15. The highest BCUT2D eigenvalue weighted by Gasteiger charge is 2.16. The number of hydrogen-bond acceptors (Lipinski definition) is 2. The van der Waals surface area contributed by atoms with Gasteiger partial charge in [-0.3, -0.25) is 0 Å². The lowest BCUT2D eigenvalue weighted by molar-refractivity contribution is 0.553. The molecule has 0 bridgehead atoms. The van der Waals surface area contributed by atoms with Gasteiger partial charge in [0.15, 0.2) is 0 Å². The minimum Gasteiger partial charge on any atom is -0.310 e. The summed E-state index contributed by atoms with van der Waals surface area (Å²) in [6.45, 7) is 2.98. The average molecular weight is 379 g/mol. The quantitative estimate of drug-likeness (QED) is 0.702. The minimum absolute atomic E-state index is 0.182. The molecule has 1 nitrogen and oxygen atoms in total. The molecule has 1 unspecified atom stereocenters. The van der Waals surface area contributed by atoms with Gasteiger partial charge in [0.25, 0.3) is 0 Å². The number of nitrogens with one attached hydrogen (secondary N) is 1. The normalized spacial score (nSPS) is 12.6. The van der Waals surface area contributed by atoms with E-state index >= 15 is 0 Å². The summed E-state index contributed by atoms with van der Waals surface area (Å²) in [6.07, 6.45) is 0.907. The fourth-order valence-electron chi connectivity index (χ4n) is 1.98. The lowest BCUT2D eigenvalue weighted by atomic mass is 10.0. The van der Waals surface area contributed by atoms with Crippen LogP contribution in [0, 0.1) is 0 Å². The first-order chi connectivity index (χ1) is 9.10. The Hall–Kier alpha value is -0.0600. The summed E-state index contributed by atoms with van der Waals surface area (Å²) in [6, 6.07) is 10.0. The van der Waals surface area contributed by atoms with E-state index in [4.69, 9.17) is 23.2 Å². The third-order valence-electron chi connectivity index (χ3n) is 2.82. The van der Waals surface area contributed by atoms with Gasteiger partial charge in [-0.2, -0.15) is 0 Å². The van der Waals surface area contributed by atoms with Crippen LogP contribution in [-0.2, 0) is 6.42 Å². The summed E-state index contributed by atoms with van der Waals surface area (Å²) in [5.74, 6) is 0. The van der Waals surface area contributed by atoms with Crippen molar-refractivity contribution >= 4 is 50.5 Å². The molecule has 2 aromatic rings. The van der Waals surface area contributed by atoms with Crippen LogP contribution in [0.3, 0.4) is 0 Å². The zero-order chi connectivity index (χ0) is 13.8. The van der Waals surface area contributed by atoms with E-state index in [0.29, 0.717) is 0 Å². The Balaban J connectivity index is 2.26. The number of hydrogen-bond donors (Lipinski definition) is 1. The summed E-state index contributed by atoms with van der Waals surface area (Å²) >= 11 is 17.6. The van der Waals surface area contributed by atoms with Crippen LogP contribution in [0.25, 0.3) is 0 Å². The first-order valence-electron chi connectivity index (χ1n) is 6.02. The highest BCUT2D eigenvalue weighted by molar-refractivity contribution is 9.11. The molecular formula is C14H14BrCl2NS. The largest absolute Gasteiger partial charge is 0.310 e. The van der Waals surface area contributed by atoms with Crippen LogP contribution in [0.5, 0.6) is 0 Å². The van der Waals surface area contributed by atoms with E-state index in [1.807, 2.05) is 18.2 Å². The lowest BCUT2D eigenvalue weighted by Crippen LogP contribution is -2.23. The minimum atomic E-state index is 0.182. The number of rotatable bonds is 5. The molecule has 1 aromatic heterocycles. The lowest BCUT2D eigenvalue weighted by Gasteiger charge is -2.19. The van der Waals surface area contributed by atoms with Crippen LogP contribution in [0.2, 0.25) is 10.0 Å². The highest BCUT2D eigenvalue weighted by atomic mass is 79.9. The van der Waals surface area contributed by atoms with Crippen molar-refractivity contribution in [3.05, 3.63) is 54.6 Å². The fraction of sp³-hybridized carbons (Fsp3) is 0.286. The van der Waals surface area contributed by atoms with Gasteiger partial charge in [0.1, 0.15) is 0 Å². The van der Waals surface area contributed by atoms with Crippen LogP contribution >= 0.6 is 50.5 Å². The van der Waals surface area contributed by atoms with Crippen molar-refractivity contribution in [2.24, 2.45) is 0 Å². The average Bonchev–Trinajstić information content (AvgIpc) is 2.77. The maximum absolute atomic E-state index is 6.29. The summed E-state index contributed by atoms with van der Waals surface area (Å²) in [5.41, 5.74) is 1.06. The fourth-order valence-corrected chi connectivity index (χ4v) is 3.94. The molecule has 102 valence electrons. The molecule has 0 aliphatic carbocycles. The van der Waals surface area contributed by atoms with E-state index in [-0.39, 0.29) is 6.04 Å². The topological polar surface area (TPSA) is 12.0 Å². The second-order valence-electron chi connectivity index (χ2n) is 4.19. The maximum Gasteiger partial charge on any atom is 0.0701 e. The van der Waals surface area contributed by atoms with E-state index in [9.17, 15) is 0 Å². The molecule has 1 N–H and O–H groups in total. The van der Waals surface area contributed by atoms with Crippen LogP contribution in [-0.4, -0.2) is 6.54 Å². The number of likely N-dealkylation sites (N-methyl/N-ethyl adjacent to an activating group) is 1. The second kappa shape index (κ2) is 7.09. The molecule has 0 saturated carbocycles. The highest BCUT2D eigenvalue weighted by Crippen LogP contribution is 2.31. The number of benzene rings is 1. The van der Waals surface area contributed by atoms with Crippen molar-refractivity contribution in [1.82, 2.24) is 5.32 Å². The molecule has 5 heteroatoms. The Morgan fingerprint density at radius 3 is 2.68 bits per heavy atom. The van der Waals surface area contributed by atoms with Gasteiger partial charge >= 0.3 is 0 Å². The Morgan fingerprint density at radius 1 is 1.26 bits per heavy atom. The van der Waals surface area contributed by atoms with E-state index in [2.05, 4.69) is 40.3 Å². The third kappa shape index (κ3) is 4.20. The SMILES string of the molecule is CCNC(Cc1ccc(Br)s1)c1cc(Cl)ccc1Cl. The molecule has 0 radical (unpaired) electrons. The summed E-state index contributed by atoms with van der Waals surface area (Å²) in [7, 11) is 0. The first kappa shape index (κ1) is 15.3. The zero-order valence-corrected chi connectivity index (χ0v) is 14.3. The molecule has 0 spiro atoms. The van der Waals surface area contributed by atoms with Gasteiger partial charge < -0.3 is 5.32 Å². The molecule has 19 heavy (non-hydrogen) atoms. The van der Waals surface area contributed by atoms with Crippen molar-refractivity contribution in [2.45, 2.75) is 19.4 Å². The van der Waals surface area contributed by atoms with E-state index in [1.54, 1.807) is 11.3 Å². The van der Waals surface area contributed by atoms with Gasteiger partial charge in [-0.05, 0) is 58.4 Å². The Kier molecular flexibility index (Phi) is 5.72. The van der Waals surface area contributed by atoms with Gasteiger partial charge in [-0.1, -0.05) is 30.1 Å². The monoisotopic (exact) mass is 377 g/mol. The molecule has 0 saturated heterocycles. The van der Waals surface area contributed by atoms with Gasteiger partial charge in [-0.15, -0.1) is 11.3 Å². The van der Waals surface area contributed by atoms with Crippen LogP contribution < -0.4 is 5.32 Å². The molecule has 1 heterocycles. The Labute approximate surface area is 136 Å². The smallest absolute Gasteiger partial charge is 0.0701 e. The Bertz CT molecular complexity index is 556. The maximum atomic E-state index is 6.29. The van der Waals surface area contributed by atoms with E-state index in [1.165, 1.54) is 4.88 Å². The van der Waals surface area contributed by atoms with Gasteiger partial charge in [0.05, 0.1) is 3.79 Å². The number of thiophene rings is 1. The van der Waals surface area contributed by atoms with E-state index in [0.717, 1.165) is 32.4 Å². The number of halogens is 3. The van der Waals surface area contributed by atoms with Crippen molar-refractivity contribution < 1.29 is 0 Å². The van der Waals surface area contributed by atoms with Crippen molar-refractivity contribution in [3.63, 3.8) is 0 Å². The van der Waals surface area contributed by atoms with Crippen molar-refractivity contribution in [3.8, 4) is 0 Å². The van der Waals surface area contributed by atoms with Crippen molar-refractivity contribution in [2.75, 3.05) is 6.54 Å². The molecule has 2 rings (SSSR count).